The monoisotopic (exact) mass is 388 g/mol. The summed E-state index contributed by atoms with van der Waals surface area (Å²) < 4.78 is 5.51. The third-order valence-corrected chi connectivity index (χ3v) is 4.07. The topological polar surface area (TPSA) is 62.1 Å². The van der Waals surface area contributed by atoms with Crippen LogP contribution in [0.1, 0.15) is 24.5 Å². The first-order valence-electron chi connectivity index (χ1n) is 8.06. The second-order valence-corrected chi connectivity index (χ2v) is 6.47. The van der Waals surface area contributed by atoms with Gasteiger partial charge in [0.25, 0.3) is 5.91 Å². The Hall–Kier alpha value is -2.48. The van der Waals surface area contributed by atoms with Crippen LogP contribution in [0.3, 0.4) is 0 Å². The minimum atomic E-state index is -0.514. The molecule has 0 radical (unpaired) electrons. The first-order chi connectivity index (χ1) is 12.4. The van der Waals surface area contributed by atoms with Crippen LogP contribution in [-0.4, -0.2) is 12.5 Å². The Bertz CT molecular complexity index is 886. The van der Waals surface area contributed by atoms with E-state index in [9.17, 15) is 10.1 Å². The summed E-state index contributed by atoms with van der Waals surface area (Å²) in [5.74, 6) is 0.0588. The molecule has 0 saturated heterocycles. The van der Waals surface area contributed by atoms with E-state index in [0.29, 0.717) is 33.7 Å². The molecule has 1 amide bonds. The zero-order chi connectivity index (χ0) is 19.1. The van der Waals surface area contributed by atoms with Crippen LogP contribution >= 0.6 is 23.2 Å². The first kappa shape index (κ1) is 19.8. The molecule has 1 N–H and O–H groups in total. The number of carbonyl (C=O) groups is 1. The van der Waals surface area contributed by atoms with Gasteiger partial charge in [-0.15, -0.1) is 0 Å². The van der Waals surface area contributed by atoms with Crippen molar-refractivity contribution in [2.24, 2.45) is 0 Å². The Morgan fingerprint density at radius 1 is 1.27 bits per heavy atom. The van der Waals surface area contributed by atoms with Gasteiger partial charge in [-0.1, -0.05) is 42.3 Å². The summed E-state index contributed by atoms with van der Waals surface area (Å²) in [7, 11) is 0. The zero-order valence-corrected chi connectivity index (χ0v) is 16.0. The summed E-state index contributed by atoms with van der Waals surface area (Å²) in [6.45, 7) is 4.42. The molecule has 0 aliphatic carbocycles. The molecular formula is C20H18Cl2N2O2. The lowest BCUT2D eigenvalue weighted by Gasteiger charge is -2.09. The molecule has 4 nitrogen and oxygen atoms in total. The van der Waals surface area contributed by atoms with E-state index >= 15 is 0 Å². The van der Waals surface area contributed by atoms with E-state index in [4.69, 9.17) is 27.9 Å². The maximum Gasteiger partial charge on any atom is 0.266 e. The highest BCUT2D eigenvalue weighted by Gasteiger charge is 2.12. The van der Waals surface area contributed by atoms with Gasteiger partial charge in [-0.3, -0.25) is 4.79 Å². The van der Waals surface area contributed by atoms with Crippen LogP contribution in [0.5, 0.6) is 5.75 Å². The first-order valence-corrected chi connectivity index (χ1v) is 8.81. The van der Waals surface area contributed by atoms with Crippen LogP contribution in [-0.2, 0) is 4.79 Å². The average Bonchev–Trinajstić information content (AvgIpc) is 2.62. The number of hydrogen-bond acceptors (Lipinski definition) is 3. The molecule has 0 aliphatic heterocycles. The summed E-state index contributed by atoms with van der Waals surface area (Å²) in [6, 6.07) is 12.2. The molecule has 0 aliphatic rings. The van der Waals surface area contributed by atoms with Crippen LogP contribution in [0.25, 0.3) is 6.08 Å². The van der Waals surface area contributed by atoms with Gasteiger partial charge in [-0.25, -0.2) is 0 Å². The number of nitrogens with one attached hydrogen (secondary N) is 1. The molecular weight excluding hydrogens is 371 g/mol. The van der Waals surface area contributed by atoms with Crippen LogP contribution in [0.4, 0.5) is 5.69 Å². The number of ether oxygens (including phenoxy) is 1. The Balaban J connectivity index is 2.21. The molecule has 2 rings (SSSR count). The summed E-state index contributed by atoms with van der Waals surface area (Å²) in [6.07, 6.45) is 2.35. The largest absolute Gasteiger partial charge is 0.492 e. The molecule has 0 saturated carbocycles. The summed E-state index contributed by atoms with van der Waals surface area (Å²) in [5.41, 5.74) is 2.00. The smallest absolute Gasteiger partial charge is 0.266 e. The highest BCUT2D eigenvalue weighted by molar-refractivity contribution is 6.32. The fourth-order valence-corrected chi connectivity index (χ4v) is 2.59. The number of rotatable bonds is 6. The standard InChI is InChI=1S/C20H18Cl2N2O2/c1-3-8-26-19-7-5-14(10-17(19)22)9-15(12-23)20(25)24-18-11-16(21)6-4-13(18)2/h4-7,9-11H,3,8H2,1-2H3,(H,24,25)/b15-9+. The number of aryl methyl sites for hydroxylation is 1. The van der Waals surface area contributed by atoms with Gasteiger partial charge in [-0.2, -0.15) is 5.26 Å². The number of nitriles is 1. The van der Waals surface area contributed by atoms with Gasteiger partial charge in [0.1, 0.15) is 17.4 Å². The van der Waals surface area contributed by atoms with E-state index in [-0.39, 0.29) is 5.57 Å². The lowest BCUT2D eigenvalue weighted by molar-refractivity contribution is -0.112. The van der Waals surface area contributed by atoms with Gasteiger partial charge >= 0.3 is 0 Å². The van der Waals surface area contributed by atoms with Crippen molar-refractivity contribution in [1.82, 2.24) is 0 Å². The van der Waals surface area contributed by atoms with Crippen LogP contribution < -0.4 is 10.1 Å². The summed E-state index contributed by atoms with van der Waals surface area (Å²) in [4.78, 5) is 12.4. The molecule has 0 atom stereocenters. The van der Waals surface area contributed by atoms with Gasteiger partial charge < -0.3 is 10.1 Å². The molecule has 0 fully saturated rings. The van der Waals surface area contributed by atoms with E-state index in [2.05, 4.69) is 5.32 Å². The Morgan fingerprint density at radius 3 is 2.69 bits per heavy atom. The third-order valence-electron chi connectivity index (χ3n) is 3.54. The number of anilines is 1. The van der Waals surface area contributed by atoms with E-state index in [1.54, 1.807) is 36.4 Å². The van der Waals surface area contributed by atoms with Crippen LogP contribution in [0.2, 0.25) is 10.0 Å². The fourth-order valence-electron chi connectivity index (χ4n) is 2.17. The number of carbonyl (C=O) groups excluding carboxylic acids is 1. The average molecular weight is 389 g/mol. The zero-order valence-electron chi connectivity index (χ0n) is 14.5. The summed E-state index contributed by atoms with van der Waals surface area (Å²) >= 11 is 12.1. The Kier molecular flexibility index (Phi) is 7.08. The molecule has 0 unspecified atom stereocenters. The van der Waals surface area contributed by atoms with Crippen molar-refractivity contribution in [3.8, 4) is 11.8 Å². The molecule has 26 heavy (non-hydrogen) atoms. The second kappa shape index (κ2) is 9.28. The van der Waals surface area contributed by atoms with Crippen molar-refractivity contribution >= 4 is 40.9 Å². The van der Waals surface area contributed by atoms with E-state index in [1.165, 1.54) is 6.08 Å². The number of amides is 1. The predicted octanol–water partition coefficient (Wildman–Crippen LogP) is 5.64. The quantitative estimate of drug-likeness (QED) is 0.514. The Labute approximate surface area is 163 Å². The molecule has 2 aromatic carbocycles. The second-order valence-electron chi connectivity index (χ2n) is 5.62. The highest BCUT2D eigenvalue weighted by atomic mass is 35.5. The maximum atomic E-state index is 12.4. The van der Waals surface area contributed by atoms with Crippen molar-refractivity contribution in [3.05, 3.63) is 63.1 Å². The molecule has 6 heteroatoms. The maximum absolute atomic E-state index is 12.4. The van der Waals surface area contributed by atoms with Crippen LogP contribution in [0.15, 0.2) is 42.0 Å². The number of benzene rings is 2. The van der Waals surface area contributed by atoms with Crippen molar-refractivity contribution in [3.63, 3.8) is 0 Å². The number of hydrogen-bond donors (Lipinski definition) is 1. The molecule has 0 aromatic heterocycles. The minimum Gasteiger partial charge on any atom is -0.492 e. The molecule has 0 bridgehead atoms. The lowest BCUT2D eigenvalue weighted by atomic mass is 10.1. The molecule has 134 valence electrons. The normalized spacial score (nSPS) is 11.0. The minimum absolute atomic E-state index is 0.0392. The van der Waals surface area contributed by atoms with Crippen molar-refractivity contribution < 1.29 is 9.53 Å². The molecule has 0 spiro atoms. The van der Waals surface area contributed by atoms with E-state index in [1.807, 2.05) is 19.9 Å². The van der Waals surface area contributed by atoms with E-state index in [0.717, 1.165) is 12.0 Å². The third kappa shape index (κ3) is 5.26. The fraction of sp³-hybridized carbons (Fsp3) is 0.200. The lowest BCUT2D eigenvalue weighted by Crippen LogP contribution is -2.14. The van der Waals surface area contributed by atoms with Gasteiger partial charge in [0.2, 0.25) is 0 Å². The van der Waals surface area contributed by atoms with Gasteiger partial charge in [-0.05, 0) is 54.8 Å². The van der Waals surface area contributed by atoms with Crippen molar-refractivity contribution in [1.29, 1.82) is 5.26 Å². The highest BCUT2D eigenvalue weighted by Crippen LogP contribution is 2.27. The summed E-state index contributed by atoms with van der Waals surface area (Å²) in [5, 5.41) is 13.0. The Morgan fingerprint density at radius 2 is 2.04 bits per heavy atom. The van der Waals surface area contributed by atoms with Gasteiger partial charge in [0.15, 0.2) is 0 Å². The van der Waals surface area contributed by atoms with Gasteiger partial charge in [0.05, 0.1) is 11.6 Å². The number of nitrogens with zero attached hydrogens (tertiary/aromatic N) is 1. The van der Waals surface area contributed by atoms with Crippen LogP contribution in [0, 0.1) is 18.3 Å². The predicted molar refractivity (Wildman–Crippen MR) is 106 cm³/mol. The molecule has 0 heterocycles. The van der Waals surface area contributed by atoms with Gasteiger partial charge in [0, 0.05) is 10.7 Å². The van der Waals surface area contributed by atoms with E-state index < -0.39 is 5.91 Å². The van der Waals surface area contributed by atoms with Crippen molar-refractivity contribution in [2.75, 3.05) is 11.9 Å². The molecule has 2 aromatic rings. The number of halogens is 2. The van der Waals surface area contributed by atoms with Crippen molar-refractivity contribution in [2.45, 2.75) is 20.3 Å². The SMILES string of the molecule is CCCOc1ccc(/C=C(\C#N)C(=O)Nc2cc(Cl)ccc2C)cc1Cl.